The van der Waals surface area contributed by atoms with Crippen LogP contribution < -0.4 is 0 Å². The van der Waals surface area contributed by atoms with E-state index in [1.54, 1.807) is 6.92 Å². The number of aryl methyl sites for hydroxylation is 1. The summed E-state index contributed by atoms with van der Waals surface area (Å²) >= 11 is 0. The normalized spacial score (nSPS) is 16.2. The van der Waals surface area contributed by atoms with Crippen molar-refractivity contribution >= 4 is 22.7 Å². The summed E-state index contributed by atoms with van der Waals surface area (Å²) in [5, 5.41) is 0.967. The number of benzene rings is 2. The van der Waals surface area contributed by atoms with Gasteiger partial charge in [-0.1, -0.05) is 18.2 Å². The fraction of sp³-hybridized carbons (Fsp3) is 0.346. The Balaban J connectivity index is 1.66. The summed E-state index contributed by atoms with van der Waals surface area (Å²) in [4.78, 5) is 33.9. The first-order valence-electron chi connectivity index (χ1n) is 11.2. The van der Waals surface area contributed by atoms with Crippen molar-refractivity contribution in [1.29, 1.82) is 0 Å². The number of amides is 2. The van der Waals surface area contributed by atoms with Crippen LogP contribution in [0.4, 0.5) is 0 Å². The SMILES string of the molecule is CC(=O)N1CCc2ccc(-c3c(C(=O)N4CCOCC4)ccc4nc(C)ccc34)cc2C1. The number of morpholine rings is 1. The maximum atomic E-state index is 13.5. The Kier molecular flexibility index (Phi) is 5.39. The average Bonchev–Trinajstić information content (AvgIpc) is 2.82. The summed E-state index contributed by atoms with van der Waals surface area (Å²) in [6.07, 6.45) is 0.852. The Hall–Kier alpha value is -3.25. The van der Waals surface area contributed by atoms with Crippen molar-refractivity contribution in [2.24, 2.45) is 0 Å². The fourth-order valence-electron chi connectivity index (χ4n) is 4.71. The molecule has 6 heteroatoms. The molecule has 0 saturated carbocycles. The number of hydrogen-bond donors (Lipinski definition) is 0. The van der Waals surface area contributed by atoms with Crippen LogP contribution in [0.1, 0.15) is 34.1 Å². The van der Waals surface area contributed by atoms with Crippen LogP contribution in [0.15, 0.2) is 42.5 Å². The molecule has 164 valence electrons. The van der Waals surface area contributed by atoms with Crippen LogP contribution in [0.2, 0.25) is 0 Å². The van der Waals surface area contributed by atoms with E-state index in [9.17, 15) is 9.59 Å². The van der Waals surface area contributed by atoms with Gasteiger partial charge in [-0.25, -0.2) is 0 Å². The summed E-state index contributed by atoms with van der Waals surface area (Å²) in [7, 11) is 0. The van der Waals surface area contributed by atoms with Gasteiger partial charge in [0, 0.05) is 55.3 Å². The predicted molar refractivity (Wildman–Crippen MR) is 123 cm³/mol. The quantitative estimate of drug-likeness (QED) is 0.625. The van der Waals surface area contributed by atoms with E-state index < -0.39 is 0 Å². The highest BCUT2D eigenvalue weighted by Crippen LogP contribution is 2.35. The lowest BCUT2D eigenvalue weighted by Gasteiger charge is -2.29. The second-order valence-corrected chi connectivity index (χ2v) is 8.59. The van der Waals surface area contributed by atoms with Crippen LogP contribution in [-0.2, 0) is 22.5 Å². The van der Waals surface area contributed by atoms with Gasteiger partial charge in [-0.05, 0) is 54.3 Å². The van der Waals surface area contributed by atoms with E-state index in [4.69, 9.17) is 9.72 Å². The first-order chi connectivity index (χ1) is 15.5. The van der Waals surface area contributed by atoms with Gasteiger partial charge in [0.05, 0.1) is 18.7 Å². The van der Waals surface area contributed by atoms with Crippen molar-refractivity contribution in [3.05, 3.63) is 64.8 Å². The number of pyridine rings is 1. The second-order valence-electron chi connectivity index (χ2n) is 8.59. The van der Waals surface area contributed by atoms with E-state index in [1.165, 1.54) is 5.56 Å². The van der Waals surface area contributed by atoms with Gasteiger partial charge in [0.1, 0.15) is 0 Å². The smallest absolute Gasteiger partial charge is 0.254 e. The molecule has 32 heavy (non-hydrogen) atoms. The van der Waals surface area contributed by atoms with Crippen LogP contribution in [0.3, 0.4) is 0 Å². The molecule has 6 nitrogen and oxygen atoms in total. The summed E-state index contributed by atoms with van der Waals surface area (Å²) in [5.74, 6) is 0.114. The highest BCUT2D eigenvalue weighted by molar-refractivity contribution is 6.09. The van der Waals surface area contributed by atoms with Crippen LogP contribution in [0.5, 0.6) is 0 Å². The zero-order valence-electron chi connectivity index (χ0n) is 18.6. The summed E-state index contributed by atoms with van der Waals surface area (Å²) in [6.45, 7) is 7.27. The molecular formula is C26H27N3O3. The van der Waals surface area contributed by atoms with Gasteiger partial charge in [-0.3, -0.25) is 14.6 Å². The van der Waals surface area contributed by atoms with Crippen molar-refractivity contribution < 1.29 is 14.3 Å². The standard InChI is InChI=1S/C26H27N3O3/c1-17-3-6-22-24(27-17)8-7-23(26(31)28-11-13-32-14-12-28)25(22)20-5-4-19-9-10-29(18(2)30)16-21(19)15-20/h3-8,15H,9-14,16H2,1-2H3. The topological polar surface area (TPSA) is 62.7 Å². The summed E-state index contributed by atoms with van der Waals surface area (Å²) < 4.78 is 5.44. The lowest BCUT2D eigenvalue weighted by molar-refractivity contribution is -0.129. The first-order valence-corrected chi connectivity index (χ1v) is 11.2. The summed E-state index contributed by atoms with van der Waals surface area (Å²) in [5.41, 5.74) is 6.81. The molecule has 2 aliphatic heterocycles. The highest BCUT2D eigenvalue weighted by Gasteiger charge is 2.25. The number of carbonyl (C=O) groups is 2. The lowest BCUT2D eigenvalue weighted by atomic mass is 9.90. The average molecular weight is 430 g/mol. The van der Waals surface area contributed by atoms with Crippen LogP contribution in [0, 0.1) is 6.92 Å². The molecule has 1 saturated heterocycles. The van der Waals surface area contributed by atoms with Gasteiger partial charge in [0.25, 0.3) is 5.91 Å². The van der Waals surface area contributed by atoms with Crippen LogP contribution in [-0.4, -0.2) is 59.4 Å². The van der Waals surface area contributed by atoms with Gasteiger partial charge < -0.3 is 14.5 Å². The molecular weight excluding hydrogens is 402 g/mol. The molecule has 0 spiro atoms. The second kappa shape index (κ2) is 8.36. The maximum Gasteiger partial charge on any atom is 0.254 e. The molecule has 2 aliphatic rings. The molecule has 0 unspecified atom stereocenters. The molecule has 5 rings (SSSR count). The Bertz CT molecular complexity index is 1210. The van der Waals surface area contributed by atoms with E-state index in [2.05, 4.69) is 24.3 Å². The summed E-state index contributed by atoms with van der Waals surface area (Å²) in [6, 6.07) is 14.3. The van der Waals surface area contributed by atoms with E-state index in [0.29, 0.717) is 38.4 Å². The third kappa shape index (κ3) is 3.75. The van der Waals surface area contributed by atoms with Crippen molar-refractivity contribution in [3.63, 3.8) is 0 Å². The molecule has 0 bridgehead atoms. The van der Waals surface area contributed by atoms with Gasteiger partial charge in [0.2, 0.25) is 5.91 Å². The van der Waals surface area contributed by atoms with Crippen molar-refractivity contribution in [2.75, 3.05) is 32.8 Å². The Labute approximate surface area is 187 Å². The minimum Gasteiger partial charge on any atom is -0.378 e. The highest BCUT2D eigenvalue weighted by atomic mass is 16.5. The van der Waals surface area contributed by atoms with Gasteiger partial charge in [0.15, 0.2) is 0 Å². The molecule has 2 aromatic carbocycles. The predicted octanol–water partition coefficient (Wildman–Crippen LogP) is 3.59. The molecule has 0 atom stereocenters. The van der Waals surface area contributed by atoms with Gasteiger partial charge in [-0.2, -0.15) is 0 Å². The number of hydrogen-bond acceptors (Lipinski definition) is 4. The molecule has 3 heterocycles. The van der Waals surface area contributed by atoms with Crippen molar-refractivity contribution in [1.82, 2.24) is 14.8 Å². The van der Waals surface area contributed by atoms with Gasteiger partial charge in [-0.15, -0.1) is 0 Å². The Morgan fingerprint density at radius 2 is 1.75 bits per heavy atom. The van der Waals surface area contributed by atoms with Crippen LogP contribution >= 0.6 is 0 Å². The van der Waals surface area contributed by atoms with E-state index in [1.807, 2.05) is 34.9 Å². The number of ether oxygens (including phenoxy) is 1. The van der Waals surface area contributed by atoms with Crippen LogP contribution in [0.25, 0.3) is 22.0 Å². The largest absolute Gasteiger partial charge is 0.378 e. The third-order valence-electron chi connectivity index (χ3n) is 6.49. The number of rotatable bonds is 2. The monoisotopic (exact) mass is 429 g/mol. The first kappa shape index (κ1) is 20.6. The number of nitrogens with zero attached hydrogens (tertiary/aromatic N) is 3. The fourth-order valence-corrected chi connectivity index (χ4v) is 4.71. The lowest BCUT2D eigenvalue weighted by Crippen LogP contribution is -2.40. The van der Waals surface area contributed by atoms with Crippen molar-refractivity contribution in [2.45, 2.75) is 26.8 Å². The Morgan fingerprint density at radius 3 is 2.53 bits per heavy atom. The van der Waals surface area contributed by atoms with E-state index >= 15 is 0 Å². The van der Waals surface area contributed by atoms with Gasteiger partial charge >= 0.3 is 0 Å². The zero-order chi connectivity index (χ0) is 22.2. The Morgan fingerprint density at radius 1 is 0.938 bits per heavy atom. The van der Waals surface area contributed by atoms with E-state index in [-0.39, 0.29) is 11.8 Å². The molecule has 3 aromatic rings. The minimum atomic E-state index is 0.0221. The molecule has 2 amide bonds. The molecule has 1 aromatic heterocycles. The third-order valence-corrected chi connectivity index (χ3v) is 6.49. The zero-order valence-corrected chi connectivity index (χ0v) is 18.6. The molecule has 0 N–H and O–H groups in total. The maximum absolute atomic E-state index is 13.5. The van der Waals surface area contributed by atoms with Crippen molar-refractivity contribution in [3.8, 4) is 11.1 Å². The number of aromatic nitrogens is 1. The number of fused-ring (bicyclic) bond motifs is 2. The number of carbonyl (C=O) groups excluding carboxylic acids is 2. The van der Waals surface area contributed by atoms with E-state index in [0.717, 1.165) is 46.3 Å². The molecule has 0 radical (unpaired) electrons. The molecule has 1 fully saturated rings. The molecule has 0 aliphatic carbocycles. The minimum absolute atomic E-state index is 0.0221.